The molecule has 4 nitrogen and oxygen atoms in total. The highest BCUT2D eigenvalue weighted by atomic mass is 16.3. The van der Waals surface area contributed by atoms with Gasteiger partial charge in [-0.2, -0.15) is 5.26 Å². The van der Waals surface area contributed by atoms with Gasteiger partial charge in [-0.25, -0.2) is 4.98 Å². The Hall–Kier alpha value is -1.60. The Kier molecular flexibility index (Phi) is 4.74. The molecule has 0 spiro atoms. The van der Waals surface area contributed by atoms with Gasteiger partial charge in [-0.05, 0) is 32.4 Å². The predicted octanol–water partition coefficient (Wildman–Crippen LogP) is 1.55. The topological polar surface area (TPSA) is 60.1 Å². The maximum absolute atomic E-state index is 9.01. The van der Waals surface area contributed by atoms with E-state index in [-0.39, 0.29) is 12.6 Å². The van der Waals surface area contributed by atoms with E-state index in [1.54, 1.807) is 18.3 Å². The van der Waals surface area contributed by atoms with E-state index in [0.717, 1.165) is 0 Å². The normalized spacial score (nSPS) is 10.2. The van der Waals surface area contributed by atoms with Gasteiger partial charge in [0.2, 0.25) is 0 Å². The standard InChI is InChI=1S/C12H17N3O/c1-10(2)15(7-4-8-16)12-11(9-13)5-3-6-14-12/h3,5-6,10,16H,4,7-8H2,1-2H3. The monoisotopic (exact) mass is 219 g/mol. The summed E-state index contributed by atoms with van der Waals surface area (Å²) in [5.41, 5.74) is 0.578. The van der Waals surface area contributed by atoms with Crippen molar-refractivity contribution in [1.29, 1.82) is 5.26 Å². The van der Waals surface area contributed by atoms with Crippen molar-refractivity contribution in [2.24, 2.45) is 0 Å². The first-order valence-electron chi connectivity index (χ1n) is 5.43. The lowest BCUT2D eigenvalue weighted by atomic mass is 10.2. The van der Waals surface area contributed by atoms with Crippen LogP contribution >= 0.6 is 0 Å². The zero-order valence-corrected chi connectivity index (χ0v) is 9.72. The van der Waals surface area contributed by atoms with Crippen LogP contribution in [0.3, 0.4) is 0 Å². The Bertz CT molecular complexity index is 371. The molecule has 0 fully saturated rings. The number of anilines is 1. The molecule has 1 heterocycles. The predicted molar refractivity (Wildman–Crippen MR) is 63.1 cm³/mol. The van der Waals surface area contributed by atoms with Gasteiger partial charge in [-0.15, -0.1) is 0 Å². The summed E-state index contributed by atoms with van der Waals surface area (Å²) in [6, 6.07) is 5.92. The molecule has 0 saturated heterocycles. The van der Waals surface area contributed by atoms with Gasteiger partial charge in [0.1, 0.15) is 11.9 Å². The second-order valence-corrected chi connectivity index (χ2v) is 3.85. The zero-order chi connectivity index (χ0) is 12.0. The third kappa shape index (κ3) is 2.94. The first kappa shape index (κ1) is 12.5. The lowest BCUT2D eigenvalue weighted by Crippen LogP contribution is -2.33. The molecule has 4 heteroatoms. The van der Waals surface area contributed by atoms with E-state index in [0.29, 0.717) is 24.3 Å². The molecule has 16 heavy (non-hydrogen) atoms. The molecule has 0 amide bonds. The van der Waals surface area contributed by atoms with Gasteiger partial charge in [-0.1, -0.05) is 0 Å². The lowest BCUT2D eigenvalue weighted by molar-refractivity contribution is 0.288. The largest absolute Gasteiger partial charge is 0.396 e. The van der Waals surface area contributed by atoms with E-state index < -0.39 is 0 Å². The van der Waals surface area contributed by atoms with E-state index in [4.69, 9.17) is 10.4 Å². The highest BCUT2D eigenvalue weighted by Gasteiger charge is 2.14. The molecule has 86 valence electrons. The Morgan fingerprint density at radius 1 is 1.56 bits per heavy atom. The zero-order valence-electron chi connectivity index (χ0n) is 9.72. The fourth-order valence-corrected chi connectivity index (χ4v) is 1.56. The third-order valence-corrected chi connectivity index (χ3v) is 2.36. The molecule has 0 bridgehead atoms. The summed E-state index contributed by atoms with van der Waals surface area (Å²) in [6.45, 7) is 4.96. The minimum Gasteiger partial charge on any atom is -0.396 e. The van der Waals surface area contributed by atoms with E-state index in [9.17, 15) is 0 Å². The summed E-state index contributed by atoms with van der Waals surface area (Å²) in [6.07, 6.45) is 2.37. The summed E-state index contributed by atoms with van der Waals surface area (Å²) in [5.74, 6) is 0.702. The summed E-state index contributed by atoms with van der Waals surface area (Å²) in [5, 5.41) is 17.9. The minimum atomic E-state index is 0.151. The van der Waals surface area contributed by atoms with Gasteiger partial charge in [0.05, 0.1) is 5.56 Å². The van der Waals surface area contributed by atoms with Crippen LogP contribution in [0.1, 0.15) is 25.8 Å². The maximum Gasteiger partial charge on any atom is 0.146 e. The molecular formula is C12H17N3O. The molecule has 1 rings (SSSR count). The maximum atomic E-state index is 9.01. The smallest absolute Gasteiger partial charge is 0.146 e. The van der Waals surface area contributed by atoms with E-state index in [1.165, 1.54) is 0 Å². The van der Waals surface area contributed by atoms with Crippen LogP contribution in [0.5, 0.6) is 0 Å². The number of rotatable bonds is 5. The molecule has 0 aliphatic carbocycles. The molecule has 1 aromatic rings. The van der Waals surface area contributed by atoms with E-state index >= 15 is 0 Å². The van der Waals surface area contributed by atoms with Crippen LogP contribution in [-0.4, -0.2) is 29.3 Å². The quantitative estimate of drug-likeness (QED) is 0.816. The summed E-state index contributed by atoms with van der Waals surface area (Å²) >= 11 is 0. The van der Waals surface area contributed by atoms with Crippen LogP contribution in [0.4, 0.5) is 5.82 Å². The molecule has 0 aliphatic heterocycles. The van der Waals surface area contributed by atoms with Crippen LogP contribution in [0.15, 0.2) is 18.3 Å². The number of nitrogens with zero attached hydrogens (tertiary/aromatic N) is 3. The average molecular weight is 219 g/mol. The van der Waals surface area contributed by atoms with Crippen molar-refractivity contribution in [3.05, 3.63) is 23.9 Å². The molecule has 0 saturated carbocycles. The molecule has 0 aliphatic rings. The Labute approximate surface area is 96.2 Å². The van der Waals surface area contributed by atoms with Crippen LogP contribution in [0.2, 0.25) is 0 Å². The van der Waals surface area contributed by atoms with Gasteiger partial charge in [0.25, 0.3) is 0 Å². The second kappa shape index (κ2) is 6.09. The lowest BCUT2D eigenvalue weighted by Gasteiger charge is -2.28. The number of pyridine rings is 1. The summed E-state index contributed by atoms with van der Waals surface area (Å²) < 4.78 is 0. The average Bonchev–Trinajstić information content (AvgIpc) is 2.29. The van der Waals surface area contributed by atoms with Gasteiger partial charge >= 0.3 is 0 Å². The van der Waals surface area contributed by atoms with E-state index in [1.807, 2.05) is 18.7 Å². The van der Waals surface area contributed by atoms with Gasteiger partial charge < -0.3 is 10.0 Å². The van der Waals surface area contributed by atoms with E-state index in [2.05, 4.69) is 11.1 Å². The SMILES string of the molecule is CC(C)N(CCCO)c1ncccc1C#N. The number of aromatic nitrogens is 1. The van der Waals surface area contributed by atoms with Crippen molar-refractivity contribution in [2.45, 2.75) is 26.3 Å². The van der Waals surface area contributed by atoms with Crippen LogP contribution < -0.4 is 4.90 Å². The van der Waals surface area contributed by atoms with Crippen molar-refractivity contribution in [1.82, 2.24) is 4.98 Å². The molecule has 1 aromatic heterocycles. The van der Waals surface area contributed by atoms with Gasteiger partial charge in [0, 0.05) is 25.4 Å². The molecule has 1 N–H and O–H groups in total. The molecular weight excluding hydrogens is 202 g/mol. The van der Waals surface area contributed by atoms with Crippen molar-refractivity contribution < 1.29 is 5.11 Å². The van der Waals surface area contributed by atoms with Crippen LogP contribution in [0, 0.1) is 11.3 Å². The first-order valence-corrected chi connectivity index (χ1v) is 5.43. The molecule has 0 aromatic carbocycles. The fourth-order valence-electron chi connectivity index (χ4n) is 1.56. The fraction of sp³-hybridized carbons (Fsp3) is 0.500. The number of hydrogen-bond donors (Lipinski definition) is 1. The number of hydrogen-bond acceptors (Lipinski definition) is 4. The second-order valence-electron chi connectivity index (χ2n) is 3.85. The highest BCUT2D eigenvalue weighted by molar-refractivity contribution is 5.53. The van der Waals surface area contributed by atoms with Crippen molar-refractivity contribution in [2.75, 3.05) is 18.1 Å². The summed E-state index contributed by atoms with van der Waals surface area (Å²) in [7, 11) is 0. The minimum absolute atomic E-state index is 0.151. The Balaban J connectivity index is 2.97. The van der Waals surface area contributed by atoms with Gasteiger partial charge in [0.15, 0.2) is 0 Å². The van der Waals surface area contributed by atoms with Crippen LogP contribution in [-0.2, 0) is 0 Å². The van der Waals surface area contributed by atoms with Crippen molar-refractivity contribution in [3.63, 3.8) is 0 Å². The molecule has 0 unspecified atom stereocenters. The Morgan fingerprint density at radius 3 is 2.88 bits per heavy atom. The first-order chi connectivity index (χ1) is 7.70. The van der Waals surface area contributed by atoms with Crippen LogP contribution in [0.25, 0.3) is 0 Å². The van der Waals surface area contributed by atoms with Crippen molar-refractivity contribution >= 4 is 5.82 Å². The van der Waals surface area contributed by atoms with Gasteiger partial charge in [-0.3, -0.25) is 0 Å². The molecule has 0 radical (unpaired) electrons. The highest BCUT2D eigenvalue weighted by Crippen LogP contribution is 2.18. The molecule has 0 atom stereocenters. The third-order valence-electron chi connectivity index (χ3n) is 2.36. The Morgan fingerprint density at radius 2 is 2.31 bits per heavy atom. The number of aliphatic hydroxyl groups is 1. The van der Waals surface area contributed by atoms with Crippen molar-refractivity contribution in [3.8, 4) is 6.07 Å². The summed E-state index contributed by atoms with van der Waals surface area (Å²) in [4.78, 5) is 6.28. The number of nitriles is 1. The number of aliphatic hydroxyl groups excluding tert-OH is 1.